The van der Waals surface area contributed by atoms with Crippen LogP contribution in [0.5, 0.6) is 5.75 Å². The van der Waals surface area contributed by atoms with Gasteiger partial charge in [0.1, 0.15) is 5.75 Å². The Morgan fingerprint density at radius 2 is 1.68 bits per heavy atom. The van der Waals surface area contributed by atoms with Crippen molar-refractivity contribution in [3.05, 3.63) is 87.7 Å². The van der Waals surface area contributed by atoms with E-state index in [4.69, 9.17) is 27.9 Å². The Balaban J connectivity index is 1.49. The summed E-state index contributed by atoms with van der Waals surface area (Å²) in [6.07, 6.45) is 0. The van der Waals surface area contributed by atoms with Crippen LogP contribution in [0.1, 0.15) is 17.0 Å². The van der Waals surface area contributed by atoms with Gasteiger partial charge in [-0.25, -0.2) is 0 Å². The lowest BCUT2D eigenvalue weighted by Gasteiger charge is -2.13. The highest BCUT2D eigenvalue weighted by Gasteiger charge is 2.17. The molecule has 1 heterocycles. The summed E-state index contributed by atoms with van der Waals surface area (Å²) in [5.41, 5.74) is 3.46. The minimum atomic E-state index is -0.291. The highest BCUT2D eigenvalue weighted by molar-refractivity contribution is 6.39. The van der Waals surface area contributed by atoms with Crippen molar-refractivity contribution >= 4 is 45.6 Å². The topological polar surface area (TPSA) is 56.2 Å². The molecule has 7 heteroatoms. The third-order valence-corrected chi connectivity index (χ3v) is 5.66. The molecule has 0 saturated carbocycles. The first-order valence-corrected chi connectivity index (χ1v) is 10.6. The summed E-state index contributed by atoms with van der Waals surface area (Å²) in [6, 6.07) is 19.2. The quantitative estimate of drug-likeness (QED) is 0.387. The number of benzene rings is 3. The summed E-state index contributed by atoms with van der Waals surface area (Å²) in [5, 5.41) is 9.96. The van der Waals surface area contributed by atoms with Crippen molar-refractivity contribution in [1.29, 1.82) is 0 Å². The van der Waals surface area contributed by atoms with Crippen LogP contribution in [0.25, 0.3) is 10.8 Å². The van der Waals surface area contributed by atoms with Crippen LogP contribution in [0.15, 0.2) is 60.7 Å². The zero-order valence-electron chi connectivity index (χ0n) is 17.2. The minimum absolute atomic E-state index is 0.186. The fourth-order valence-electron chi connectivity index (χ4n) is 3.52. The van der Waals surface area contributed by atoms with Crippen molar-refractivity contribution in [2.75, 3.05) is 11.9 Å². The zero-order chi connectivity index (χ0) is 22.0. The lowest BCUT2D eigenvalue weighted by atomic mass is 10.1. The van der Waals surface area contributed by atoms with Gasteiger partial charge in [-0.05, 0) is 25.5 Å². The molecule has 0 spiro atoms. The maximum absolute atomic E-state index is 12.6. The van der Waals surface area contributed by atoms with Gasteiger partial charge in [0.15, 0.2) is 6.61 Å². The van der Waals surface area contributed by atoms with Crippen LogP contribution in [0.4, 0.5) is 5.69 Å². The number of ether oxygens (including phenoxy) is 1. The number of anilines is 1. The van der Waals surface area contributed by atoms with Gasteiger partial charge in [0.2, 0.25) is 0 Å². The third-order valence-electron chi connectivity index (χ3n) is 5.07. The molecule has 31 heavy (non-hydrogen) atoms. The zero-order valence-corrected chi connectivity index (χ0v) is 18.7. The van der Waals surface area contributed by atoms with Gasteiger partial charge < -0.3 is 10.1 Å². The standard InChI is InChI=1S/C24H21Cl2N3O2/c1-15-23(16(2)29(28-15)13-17-8-4-3-5-9-17)27-22(30)14-31-24-19-11-7-6-10-18(19)20(25)12-21(24)26/h3-12H,13-14H2,1-2H3,(H,27,30). The largest absolute Gasteiger partial charge is 0.482 e. The van der Waals surface area contributed by atoms with Crippen molar-refractivity contribution < 1.29 is 9.53 Å². The number of halogens is 2. The van der Waals surface area contributed by atoms with Gasteiger partial charge in [0.25, 0.3) is 5.91 Å². The Morgan fingerprint density at radius 3 is 2.42 bits per heavy atom. The molecule has 0 aliphatic heterocycles. The van der Waals surface area contributed by atoms with Crippen molar-refractivity contribution in [3.63, 3.8) is 0 Å². The van der Waals surface area contributed by atoms with Crippen LogP contribution in [0, 0.1) is 13.8 Å². The van der Waals surface area contributed by atoms with Crippen molar-refractivity contribution in [1.82, 2.24) is 9.78 Å². The fourth-order valence-corrected chi connectivity index (χ4v) is 4.12. The molecule has 0 fully saturated rings. The number of nitrogens with zero attached hydrogens (tertiary/aromatic N) is 2. The predicted molar refractivity (Wildman–Crippen MR) is 125 cm³/mol. The number of hydrogen-bond donors (Lipinski definition) is 1. The monoisotopic (exact) mass is 453 g/mol. The van der Waals surface area contributed by atoms with E-state index in [9.17, 15) is 4.79 Å². The highest BCUT2D eigenvalue weighted by Crippen LogP contribution is 2.38. The molecule has 4 rings (SSSR count). The van der Waals surface area contributed by atoms with E-state index in [-0.39, 0.29) is 12.5 Å². The lowest BCUT2D eigenvalue weighted by molar-refractivity contribution is -0.118. The van der Waals surface area contributed by atoms with Crippen LogP contribution in [0.3, 0.4) is 0 Å². The van der Waals surface area contributed by atoms with E-state index in [1.165, 1.54) is 0 Å². The smallest absolute Gasteiger partial charge is 0.262 e. The summed E-state index contributed by atoms with van der Waals surface area (Å²) >= 11 is 12.6. The molecule has 4 aromatic rings. The second-order valence-corrected chi connectivity index (χ2v) is 8.06. The van der Waals surface area contributed by atoms with Gasteiger partial charge >= 0.3 is 0 Å². The van der Waals surface area contributed by atoms with Crippen LogP contribution < -0.4 is 10.1 Å². The molecule has 0 aliphatic carbocycles. The third kappa shape index (κ3) is 4.53. The van der Waals surface area contributed by atoms with E-state index in [0.29, 0.717) is 28.0 Å². The summed E-state index contributed by atoms with van der Waals surface area (Å²) < 4.78 is 7.67. The highest BCUT2D eigenvalue weighted by atomic mass is 35.5. The second kappa shape index (κ2) is 9.00. The summed E-state index contributed by atoms with van der Waals surface area (Å²) in [4.78, 5) is 12.6. The van der Waals surface area contributed by atoms with Gasteiger partial charge in [-0.1, -0.05) is 77.8 Å². The molecule has 0 aliphatic rings. The Hall–Kier alpha value is -3.02. The molecule has 158 valence electrons. The Kier molecular flexibility index (Phi) is 6.16. The van der Waals surface area contributed by atoms with Gasteiger partial charge in [0.05, 0.1) is 33.7 Å². The Morgan fingerprint density at radius 1 is 1.00 bits per heavy atom. The predicted octanol–water partition coefficient (Wildman–Crippen LogP) is 6.03. The van der Waals surface area contributed by atoms with Crippen LogP contribution in [-0.4, -0.2) is 22.3 Å². The minimum Gasteiger partial charge on any atom is -0.482 e. The molecule has 0 unspecified atom stereocenters. The number of amides is 1. The number of aryl methyl sites for hydroxylation is 1. The van der Waals surface area contributed by atoms with E-state index >= 15 is 0 Å². The van der Waals surface area contributed by atoms with E-state index in [2.05, 4.69) is 10.4 Å². The van der Waals surface area contributed by atoms with Crippen molar-refractivity contribution in [2.24, 2.45) is 0 Å². The van der Waals surface area contributed by atoms with E-state index < -0.39 is 0 Å². The Labute approximate surface area is 190 Å². The average Bonchev–Trinajstić information content (AvgIpc) is 3.01. The maximum atomic E-state index is 12.6. The van der Waals surface area contributed by atoms with Gasteiger partial charge in [-0.15, -0.1) is 0 Å². The van der Waals surface area contributed by atoms with Crippen LogP contribution in [-0.2, 0) is 11.3 Å². The normalized spacial score (nSPS) is 11.0. The molecule has 3 aromatic carbocycles. The number of carbonyl (C=O) groups is 1. The number of nitrogens with one attached hydrogen (secondary N) is 1. The summed E-state index contributed by atoms with van der Waals surface area (Å²) in [7, 11) is 0. The molecule has 1 amide bonds. The van der Waals surface area contributed by atoms with Crippen molar-refractivity contribution in [3.8, 4) is 5.75 Å². The molecule has 0 bridgehead atoms. The summed E-state index contributed by atoms with van der Waals surface area (Å²) in [5.74, 6) is 0.144. The van der Waals surface area contributed by atoms with E-state index in [1.807, 2.05) is 73.1 Å². The Bertz CT molecular complexity index is 1250. The summed E-state index contributed by atoms with van der Waals surface area (Å²) in [6.45, 7) is 4.25. The van der Waals surface area contributed by atoms with E-state index in [1.54, 1.807) is 6.07 Å². The molecule has 5 nitrogen and oxygen atoms in total. The molecule has 1 N–H and O–H groups in total. The van der Waals surface area contributed by atoms with Gasteiger partial charge in [0, 0.05) is 10.8 Å². The van der Waals surface area contributed by atoms with Gasteiger partial charge in [-0.3, -0.25) is 9.48 Å². The average molecular weight is 454 g/mol. The molecule has 0 radical (unpaired) electrons. The first kappa shape index (κ1) is 21.2. The number of carbonyl (C=O) groups excluding carboxylic acids is 1. The first-order chi connectivity index (χ1) is 14.9. The lowest BCUT2D eigenvalue weighted by Crippen LogP contribution is -2.21. The van der Waals surface area contributed by atoms with Crippen LogP contribution >= 0.6 is 23.2 Å². The molecular weight excluding hydrogens is 433 g/mol. The first-order valence-electron chi connectivity index (χ1n) is 9.81. The second-order valence-electron chi connectivity index (χ2n) is 7.24. The molecule has 0 atom stereocenters. The van der Waals surface area contributed by atoms with Gasteiger partial charge in [-0.2, -0.15) is 5.10 Å². The molecule has 1 aromatic heterocycles. The number of aromatic nitrogens is 2. The van der Waals surface area contributed by atoms with E-state index in [0.717, 1.165) is 27.7 Å². The fraction of sp³-hybridized carbons (Fsp3) is 0.167. The SMILES string of the molecule is Cc1nn(Cc2ccccc2)c(C)c1NC(=O)COc1c(Cl)cc(Cl)c2ccccc12. The molecular formula is C24H21Cl2N3O2. The number of hydrogen-bond acceptors (Lipinski definition) is 3. The number of rotatable bonds is 6. The van der Waals surface area contributed by atoms with Crippen LogP contribution in [0.2, 0.25) is 10.0 Å². The molecule has 0 saturated heterocycles. The maximum Gasteiger partial charge on any atom is 0.262 e. The number of fused-ring (bicyclic) bond motifs is 1. The van der Waals surface area contributed by atoms with Crippen molar-refractivity contribution in [2.45, 2.75) is 20.4 Å².